The van der Waals surface area contributed by atoms with Crippen LogP contribution in [0.3, 0.4) is 0 Å². The molecular weight excluding hydrogens is 245 g/mol. The number of nitrogens with zero attached hydrogens (tertiary/aromatic N) is 2. The summed E-state index contributed by atoms with van der Waals surface area (Å²) >= 11 is 11.8. The van der Waals surface area contributed by atoms with E-state index in [1.807, 2.05) is 13.1 Å². The summed E-state index contributed by atoms with van der Waals surface area (Å²) in [6.45, 7) is 2.05. The van der Waals surface area contributed by atoms with Crippen LogP contribution < -0.4 is 10.2 Å². The van der Waals surface area contributed by atoms with Crippen LogP contribution in [0, 0.1) is 0 Å². The molecule has 1 saturated heterocycles. The largest absolute Gasteiger partial charge is 0.369 e. The Labute approximate surface area is 106 Å². The Bertz CT molecular complexity index is 370. The van der Waals surface area contributed by atoms with E-state index >= 15 is 0 Å². The van der Waals surface area contributed by atoms with Gasteiger partial charge in [-0.1, -0.05) is 23.2 Å². The number of rotatable bonds is 2. The number of likely N-dealkylation sites (N-methyl/N-ethyl adjacent to an activating group) is 1. The molecule has 0 amide bonds. The summed E-state index contributed by atoms with van der Waals surface area (Å²) in [5.41, 5.74) is 1.05. The molecule has 1 atom stereocenters. The first kappa shape index (κ1) is 12.0. The van der Waals surface area contributed by atoms with Gasteiger partial charge in [-0.15, -0.1) is 0 Å². The van der Waals surface area contributed by atoms with Crippen molar-refractivity contribution >= 4 is 28.9 Å². The minimum absolute atomic E-state index is 0.368. The molecule has 0 saturated carbocycles. The second kappa shape index (κ2) is 5.21. The van der Waals surface area contributed by atoms with Gasteiger partial charge in [-0.2, -0.15) is 0 Å². The highest BCUT2D eigenvalue weighted by atomic mass is 35.5. The quantitative estimate of drug-likeness (QED) is 0.828. The van der Waals surface area contributed by atoms with E-state index in [2.05, 4.69) is 15.2 Å². The average Bonchev–Trinajstić information content (AvgIpc) is 2.33. The monoisotopic (exact) mass is 259 g/mol. The molecule has 0 unspecified atom stereocenters. The Hall–Kier alpha value is -0.510. The standard InChI is InChI=1S/C11H15Cl2N3/c1-14-8-3-2-4-16(7-8)9-5-10(12)11(13)15-6-9/h5-6,8,14H,2-4,7H2,1H3/t8-/m1/s1. The Morgan fingerprint density at radius 1 is 1.50 bits per heavy atom. The zero-order chi connectivity index (χ0) is 11.5. The molecule has 1 aliphatic rings. The van der Waals surface area contributed by atoms with E-state index in [1.54, 1.807) is 6.20 Å². The zero-order valence-corrected chi connectivity index (χ0v) is 10.7. The number of nitrogens with one attached hydrogen (secondary N) is 1. The van der Waals surface area contributed by atoms with Crippen molar-refractivity contribution in [3.63, 3.8) is 0 Å². The molecule has 2 rings (SSSR count). The molecule has 0 aromatic carbocycles. The van der Waals surface area contributed by atoms with Crippen LogP contribution in [0.2, 0.25) is 10.2 Å². The van der Waals surface area contributed by atoms with Gasteiger partial charge in [0.15, 0.2) is 0 Å². The highest BCUT2D eigenvalue weighted by molar-refractivity contribution is 6.41. The van der Waals surface area contributed by atoms with Crippen LogP contribution in [0.25, 0.3) is 0 Å². The number of anilines is 1. The van der Waals surface area contributed by atoms with Crippen LogP contribution in [-0.2, 0) is 0 Å². The van der Waals surface area contributed by atoms with Crippen molar-refractivity contribution in [1.29, 1.82) is 0 Å². The third kappa shape index (κ3) is 2.59. The fourth-order valence-corrected chi connectivity index (χ4v) is 2.30. The van der Waals surface area contributed by atoms with Gasteiger partial charge in [-0.25, -0.2) is 4.98 Å². The van der Waals surface area contributed by atoms with Crippen molar-refractivity contribution in [1.82, 2.24) is 10.3 Å². The van der Waals surface area contributed by atoms with E-state index in [4.69, 9.17) is 23.2 Å². The smallest absolute Gasteiger partial charge is 0.147 e. The molecule has 2 heterocycles. The summed E-state index contributed by atoms with van der Waals surface area (Å²) < 4.78 is 0. The van der Waals surface area contributed by atoms with E-state index < -0.39 is 0 Å². The van der Waals surface area contributed by atoms with E-state index in [9.17, 15) is 0 Å². The molecule has 1 aromatic heterocycles. The second-order valence-corrected chi connectivity index (χ2v) is 4.81. The lowest BCUT2D eigenvalue weighted by atomic mass is 10.1. The van der Waals surface area contributed by atoms with Crippen molar-refractivity contribution in [2.24, 2.45) is 0 Å². The second-order valence-electron chi connectivity index (χ2n) is 4.04. The normalized spacial score (nSPS) is 21.2. The molecule has 5 heteroatoms. The SMILES string of the molecule is CN[C@@H]1CCCN(c2cnc(Cl)c(Cl)c2)C1. The third-order valence-corrected chi connectivity index (χ3v) is 3.66. The van der Waals surface area contributed by atoms with Crippen LogP contribution in [0.1, 0.15) is 12.8 Å². The van der Waals surface area contributed by atoms with Crippen molar-refractivity contribution in [2.45, 2.75) is 18.9 Å². The highest BCUT2D eigenvalue weighted by Gasteiger charge is 2.19. The Balaban J connectivity index is 2.13. The minimum atomic E-state index is 0.368. The lowest BCUT2D eigenvalue weighted by Gasteiger charge is -2.34. The topological polar surface area (TPSA) is 28.2 Å². The predicted molar refractivity (Wildman–Crippen MR) is 68.6 cm³/mol. The molecule has 1 aliphatic heterocycles. The minimum Gasteiger partial charge on any atom is -0.369 e. The summed E-state index contributed by atoms with van der Waals surface area (Å²) in [5.74, 6) is 0. The van der Waals surface area contributed by atoms with Gasteiger partial charge in [-0.05, 0) is 26.0 Å². The van der Waals surface area contributed by atoms with Crippen LogP contribution >= 0.6 is 23.2 Å². The first-order chi connectivity index (χ1) is 7.70. The molecule has 3 nitrogen and oxygen atoms in total. The summed E-state index contributed by atoms with van der Waals surface area (Å²) in [6, 6.07) is 2.43. The maximum Gasteiger partial charge on any atom is 0.147 e. The van der Waals surface area contributed by atoms with Crippen LogP contribution in [0.4, 0.5) is 5.69 Å². The number of pyridine rings is 1. The lowest BCUT2D eigenvalue weighted by Crippen LogP contribution is -2.44. The van der Waals surface area contributed by atoms with Gasteiger partial charge < -0.3 is 10.2 Å². The van der Waals surface area contributed by atoms with Gasteiger partial charge in [0, 0.05) is 19.1 Å². The molecule has 0 spiro atoms. The molecule has 1 fully saturated rings. The number of hydrogen-bond donors (Lipinski definition) is 1. The van der Waals surface area contributed by atoms with E-state index in [-0.39, 0.29) is 0 Å². The van der Waals surface area contributed by atoms with Gasteiger partial charge in [0.05, 0.1) is 16.9 Å². The summed E-state index contributed by atoms with van der Waals surface area (Å²) in [7, 11) is 2.00. The van der Waals surface area contributed by atoms with Crippen molar-refractivity contribution in [3.8, 4) is 0 Å². The van der Waals surface area contributed by atoms with Crippen molar-refractivity contribution in [2.75, 3.05) is 25.0 Å². The molecular formula is C11H15Cl2N3. The molecule has 16 heavy (non-hydrogen) atoms. The highest BCUT2D eigenvalue weighted by Crippen LogP contribution is 2.26. The summed E-state index contributed by atoms with van der Waals surface area (Å²) in [6.07, 6.45) is 4.19. The first-order valence-corrected chi connectivity index (χ1v) is 6.19. The Morgan fingerprint density at radius 3 is 3.00 bits per heavy atom. The zero-order valence-electron chi connectivity index (χ0n) is 9.21. The van der Waals surface area contributed by atoms with Crippen molar-refractivity contribution in [3.05, 3.63) is 22.4 Å². The maximum absolute atomic E-state index is 5.97. The molecule has 1 aromatic rings. The average molecular weight is 260 g/mol. The first-order valence-electron chi connectivity index (χ1n) is 5.44. The molecule has 0 radical (unpaired) electrons. The molecule has 88 valence electrons. The van der Waals surface area contributed by atoms with Gasteiger partial charge in [-0.3, -0.25) is 0 Å². The predicted octanol–water partition coefficient (Wildman–Crippen LogP) is 2.58. The maximum atomic E-state index is 5.97. The molecule has 1 N–H and O–H groups in total. The Kier molecular flexibility index (Phi) is 3.90. The number of piperidine rings is 1. The number of aromatic nitrogens is 1. The van der Waals surface area contributed by atoms with Gasteiger partial charge >= 0.3 is 0 Å². The fraction of sp³-hybridized carbons (Fsp3) is 0.545. The summed E-state index contributed by atoms with van der Waals surface area (Å²) in [5, 5.41) is 4.20. The molecule has 0 bridgehead atoms. The van der Waals surface area contributed by atoms with Crippen LogP contribution in [0.5, 0.6) is 0 Å². The lowest BCUT2D eigenvalue weighted by molar-refractivity contribution is 0.449. The van der Waals surface area contributed by atoms with E-state index in [0.29, 0.717) is 16.2 Å². The van der Waals surface area contributed by atoms with Gasteiger partial charge in [0.2, 0.25) is 0 Å². The fourth-order valence-electron chi connectivity index (χ4n) is 2.03. The summed E-state index contributed by atoms with van der Waals surface area (Å²) in [4.78, 5) is 6.37. The van der Waals surface area contributed by atoms with E-state index in [0.717, 1.165) is 18.8 Å². The van der Waals surface area contributed by atoms with Crippen molar-refractivity contribution < 1.29 is 0 Å². The van der Waals surface area contributed by atoms with Crippen LogP contribution in [0.15, 0.2) is 12.3 Å². The molecule has 0 aliphatic carbocycles. The van der Waals surface area contributed by atoms with E-state index in [1.165, 1.54) is 12.8 Å². The Morgan fingerprint density at radius 2 is 2.31 bits per heavy atom. The number of hydrogen-bond acceptors (Lipinski definition) is 3. The van der Waals surface area contributed by atoms with Crippen LogP contribution in [-0.4, -0.2) is 31.2 Å². The number of halogens is 2. The van der Waals surface area contributed by atoms with Gasteiger partial charge in [0.1, 0.15) is 5.15 Å². The van der Waals surface area contributed by atoms with Gasteiger partial charge in [0.25, 0.3) is 0 Å². The third-order valence-electron chi connectivity index (χ3n) is 2.98.